The first-order valence-electron chi connectivity index (χ1n) is 8.46. The predicted octanol–water partition coefficient (Wildman–Crippen LogP) is 3.62. The average Bonchev–Trinajstić information content (AvgIpc) is 3.11. The Bertz CT molecular complexity index is 876. The second-order valence-corrected chi connectivity index (χ2v) is 6.29. The van der Waals surface area contributed by atoms with Gasteiger partial charge < -0.3 is 15.0 Å². The molecule has 26 heavy (non-hydrogen) atoms. The van der Waals surface area contributed by atoms with Crippen molar-refractivity contribution in [1.82, 2.24) is 0 Å². The van der Waals surface area contributed by atoms with Crippen LogP contribution in [0.2, 0.25) is 0 Å². The number of rotatable bonds is 4. The van der Waals surface area contributed by atoms with Crippen LogP contribution in [0.25, 0.3) is 0 Å². The topological polar surface area (TPSA) is 65.4 Å². The zero-order chi connectivity index (χ0) is 18.7. The van der Waals surface area contributed by atoms with Crippen molar-refractivity contribution in [2.75, 3.05) is 23.9 Å². The Morgan fingerprint density at radius 3 is 2.92 bits per heavy atom. The van der Waals surface area contributed by atoms with Crippen LogP contribution < -0.4 is 15.0 Å². The number of nitrogens with one attached hydrogen (secondary N) is 1. The Kier molecular flexibility index (Phi) is 5.08. The van der Waals surface area contributed by atoms with Gasteiger partial charge in [-0.1, -0.05) is 12.1 Å². The van der Waals surface area contributed by atoms with E-state index in [0.29, 0.717) is 30.1 Å². The highest BCUT2D eigenvalue weighted by atomic mass is 19.1. The fraction of sp³-hybridized carbons (Fsp3) is 0.300. The van der Waals surface area contributed by atoms with Gasteiger partial charge in [0.15, 0.2) is 0 Å². The third-order valence-corrected chi connectivity index (χ3v) is 4.58. The minimum atomic E-state index is -0.573. The Morgan fingerprint density at radius 1 is 1.38 bits per heavy atom. The molecule has 0 spiro atoms. The molecular weight excluding hydrogens is 333 g/mol. The first-order chi connectivity index (χ1) is 12.5. The molecular formula is C20H20FN3O2. The molecule has 2 aromatic carbocycles. The normalized spacial score (nSPS) is 16.2. The first kappa shape index (κ1) is 17.7. The van der Waals surface area contributed by atoms with E-state index in [9.17, 15) is 14.4 Å². The van der Waals surface area contributed by atoms with Crippen molar-refractivity contribution in [1.29, 1.82) is 5.26 Å². The summed E-state index contributed by atoms with van der Waals surface area (Å²) < 4.78 is 19.3. The monoisotopic (exact) mass is 353 g/mol. The van der Waals surface area contributed by atoms with Gasteiger partial charge in [0, 0.05) is 6.54 Å². The number of nitriles is 1. The van der Waals surface area contributed by atoms with Gasteiger partial charge in [-0.15, -0.1) is 0 Å². The van der Waals surface area contributed by atoms with Gasteiger partial charge in [-0.2, -0.15) is 5.26 Å². The van der Waals surface area contributed by atoms with Gasteiger partial charge in [0.25, 0.3) is 0 Å². The molecule has 1 N–H and O–H groups in total. The predicted molar refractivity (Wildman–Crippen MR) is 97.8 cm³/mol. The molecule has 1 atom stereocenters. The largest absolute Gasteiger partial charge is 0.495 e. The summed E-state index contributed by atoms with van der Waals surface area (Å²) in [4.78, 5) is 14.7. The van der Waals surface area contributed by atoms with E-state index >= 15 is 0 Å². The van der Waals surface area contributed by atoms with Crippen molar-refractivity contribution in [3.05, 3.63) is 53.3 Å². The van der Waals surface area contributed by atoms with E-state index in [4.69, 9.17) is 4.74 Å². The maximum atomic E-state index is 14.0. The van der Waals surface area contributed by atoms with Crippen molar-refractivity contribution in [2.24, 2.45) is 0 Å². The molecule has 1 saturated heterocycles. The second kappa shape index (κ2) is 7.44. The van der Waals surface area contributed by atoms with Gasteiger partial charge in [0.2, 0.25) is 5.91 Å². The molecule has 5 nitrogen and oxygen atoms in total. The quantitative estimate of drug-likeness (QED) is 0.912. The van der Waals surface area contributed by atoms with Crippen molar-refractivity contribution in [2.45, 2.75) is 25.8 Å². The third kappa shape index (κ3) is 3.33. The standard InChI is InChI=1S/C20H20FN3O2/c1-13-8-9-19(26-2)16(11-13)23-20(25)18-7-4-10-24(18)17-6-3-5-15(21)14(17)12-22/h3,5-6,8-9,11,18H,4,7,10H2,1-2H3,(H,23,25). The molecule has 0 aliphatic carbocycles. The van der Waals surface area contributed by atoms with Crippen molar-refractivity contribution < 1.29 is 13.9 Å². The number of amides is 1. The maximum absolute atomic E-state index is 14.0. The number of benzene rings is 2. The molecule has 2 aromatic rings. The number of nitrogens with zero attached hydrogens (tertiary/aromatic N) is 2. The fourth-order valence-corrected chi connectivity index (χ4v) is 3.33. The van der Waals surface area contributed by atoms with Gasteiger partial charge in [0.05, 0.1) is 18.5 Å². The van der Waals surface area contributed by atoms with Crippen LogP contribution in [0.3, 0.4) is 0 Å². The smallest absolute Gasteiger partial charge is 0.247 e. The van der Waals surface area contributed by atoms with Crippen LogP contribution in [0.5, 0.6) is 5.75 Å². The molecule has 0 bridgehead atoms. The molecule has 0 aromatic heterocycles. The summed E-state index contributed by atoms with van der Waals surface area (Å²) in [6.45, 7) is 2.53. The van der Waals surface area contributed by atoms with Gasteiger partial charge in [0.1, 0.15) is 29.2 Å². The molecule has 1 amide bonds. The number of aryl methyl sites for hydroxylation is 1. The Morgan fingerprint density at radius 2 is 2.19 bits per heavy atom. The number of carbonyl (C=O) groups excluding carboxylic acids is 1. The molecule has 3 rings (SSSR count). The molecule has 1 aliphatic heterocycles. The second-order valence-electron chi connectivity index (χ2n) is 6.29. The van der Waals surface area contributed by atoms with Crippen molar-refractivity contribution in [3.8, 4) is 11.8 Å². The SMILES string of the molecule is COc1ccc(C)cc1NC(=O)C1CCCN1c1cccc(F)c1C#N. The fourth-order valence-electron chi connectivity index (χ4n) is 3.33. The van der Waals surface area contributed by atoms with E-state index in [1.807, 2.05) is 25.1 Å². The van der Waals surface area contributed by atoms with Crippen LogP contribution in [-0.2, 0) is 4.79 Å². The van der Waals surface area contributed by atoms with E-state index in [-0.39, 0.29) is 11.5 Å². The number of hydrogen-bond donors (Lipinski definition) is 1. The van der Waals surface area contributed by atoms with Crippen LogP contribution in [0.15, 0.2) is 36.4 Å². The highest BCUT2D eigenvalue weighted by Crippen LogP contribution is 2.31. The first-order valence-corrected chi connectivity index (χ1v) is 8.46. The van der Waals surface area contributed by atoms with Crippen molar-refractivity contribution in [3.63, 3.8) is 0 Å². The van der Waals surface area contributed by atoms with Crippen LogP contribution in [0.1, 0.15) is 24.0 Å². The summed E-state index contributed by atoms with van der Waals surface area (Å²) in [5.74, 6) is -0.187. The summed E-state index contributed by atoms with van der Waals surface area (Å²) in [7, 11) is 1.55. The maximum Gasteiger partial charge on any atom is 0.247 e. The molecule has 1 aliphatic rings. The van der Waals surface area contributed by atoms with Crippen LogP contribution in [0, 0.1) is 24.1 Å². The number of ether oxygens (including phenoxy) is 1. The lowest BCUT2D eigenvalue weighted by atomic mass is 10.1. The molecule has 6 heteroatoms. The van der Waals surface area contributed by atoms with E-state index in [1.165, 1.54) is 6.07 Å². The van der Waals surface area contributed by atoms with Gasteiger partial charge >= 0.3 is 0 Å². The minimum Gasteiger partial charge on any atom is -0.495 e. The number of halogens is 1. The number of methoxy groups -OCH3 is 1. The number of carbonyl (C=O) groups is 1. The molecule has 0 radical (unpaired) electrons. The Balaban J connectivity index is 1.87. The molecule has 0 saturated carbocycles. The lowest BCUT2D eigenvalue weighted by Gasteiger charge is -2.27. The summed E-state index contributed by atoms with van der Waals surface area (Å²) in [6, 6.07) is 11.5. The van der Waals surface area contributed by atoms with Gasteiger partial charge in [-0.25, -0.2) is 4.39 Å². The van der Waals surface area contributed by atoms with Gasteiger partial charge in [-0.3, -0.25) is 4.79 Å². The third-order valence-electron chi connectivity index (χ3n) is 4.58. The van der Waals surface area contributed by atoms with E-state index in [0.717, 1.165) is 12.0 Å². The summed E-state index contributed by atoms with van der Waals surface area (Å²) in [6.07, 6.45) is 1.44. The molecule has 134 valence electrons. The highest BCUT2D eigenvalue weighted by molar-refractivity contribution is 5.98. The zero-order valence-corrected chi connectivity index (χ0v) is 14.8. The van der Waals surface area contributed by atoms with Crippen molar-refractivity contribution >= 4 is 17.3 Å². The lowest BCUT2D eigenvalue weighted by Crippen LogP contribution is -2.40. The zero-order valence-electron chi connectivity index (χ0n) is 14.8. The van der Waals surface area contributed by atoms with E-state index < -0.39 is 11.9 Å². The molecule has 1 fully saturated rings. The van der Waals surface area contributed by atoms with Crippen LogP contribution in [0.4, 0.5) is 15.8 Å². The highest BCUT2D eigenvalue weighted by Gasteiger charge is 2.33. The van der Waals surface area contributed by atoms with E-state index in [1.54, 1.807) is 30.2 Å². The number of hydrogen-bond acceptors (Lipinski definition) is 4. The molecule has 1 unspecified atom stereocenters. The summed E-state index contributed by atoms with van der Waals surface area (Å²) >= 11 is 0. The minimum absolute atomic E-state index is 0.0275. The Labute approximate surface area is 152 Å². The summed E-state index contributed by atoms with van der Waals surface area (Å²) in [5, 5.41) is 12.2. The van der Waals surface area contributed by atoms with Gasteiger partial charge in [-0.05, 0) is 49.6 Å². The number of anilines is 2. The Hall–Kier alpha value is -3.07. The molecule has 1 heterocycles. The summed E-state index contributed by atoms with van der Waals surface area (Å²) in [5.41, 5.74) is 2.03. The van der Waals surface area contributed by atoms with E-state index in [2.05, 4.69) is 5.32 Å². The lowest BCUT2D eigenvalue weighted by molar-refractivity contribution is -0.117. The van der Waals surface area contributed by atoms with Crippen LogP contribution in [-0.4, -0.2) is 25.6 Å². The average molecular weight is 353 g/mol. The van der Waals surface area contributed by atoms with Crippen LogP contribution >= 0.6 is 0 Å².